The maximum atomic E-state index is 4.88. The van der Waals surface area contributed by atoms with E-state index in [-0.39, 0.29) is 0 Å². The number of hydrogen-bond donors (Lipinski definition) is 1. The van der Waals surface area contributed by atoms with E-state index in [4.69, 9.17) is 5.10 Å². The van der Waals surface area contributed by atoms with Gasteiger partial charge in [-0.3, -0.25) is 5.43 Å². The zero-order valence-electron chi connectivity index (χ0n) is 16.9. The van der Waals surface area contributed by atoms with E-state index < -0.39 is 0 Å². The first-order chi connectivity index (χ1) is 15.4. The maximum absolute atomic E-state index is 4.88. The number of nitrogens with one attached hydrogen (secondary N) is 1. The lowest BCUT2D eigenvalue weighted by Crippen LogP contribution is -2.06. The first-order valence-electron chi connectivity index (χ1n) is 10.5. The lowest BCUT2D eigenvalue weighted by Gasteiger charge is -2.14. The SMILES string of the molecule is c1ccc(C(=NNc2ccc3ccc4cccc5ccc2c3c45)c2ccccc2)cc1. The third kappa shape index (κ3) is 3.01. The molecule has 146 valence electrons. The molecule has 1 N–H and O–H groups in total. The molecule has 6 aromatic carbocycles. The van der Waals surface area contributed by atoms with Gasteiger partial charge >= 0.3 is 0 Å². The Morgan fingerprint density at radius 1 is 0.484 bits per heavy atom. The highest BCUT2D eigenvalue weighted by molar-refractivity contribution is 6.25. The summed E-state index contributed by atoms with van der Waals surface area (Å²) in [6.07, 6.45) is 0. The lowest BCUT2D eigenvalue weighted by atomic mass is 9.94. The summed E-state index contributed by atoms with van der Waals surface area (Å²) < 4.78 is 0. The molecule has 0 radical (unpaired) electrons. The predicted octanol–water partition coefficient (Wildman–Crippen LogP) is 7.45. The van der Waals surface area contributed by atoms with Gasteiger partial charge in [0.1, 0.15) is 0 Å². The zero-order valence-corrected chi connectivity index (χ0v) is 16.9. The molecule has 31 heavy (non-hydrogen) atoms. The van der Waals surface area contributed by atoms with Gasteiger partial charge in [0.15, 0.2) is 0 Å². The first-order valence-corrected chi connectivity index (χ1v) is 10.5. The number of hydrazone groups is 1. The van der Waals surface area contributed by atoms with Crippen LogP contribution in [-0.2, 0) is 0 Å². The highest BCUT2D eigenvalue weighted by Crippen LogP contribution is 2.37. The van der Waals surface area contributed by atoms with E-state index in [2.05, 4.69) is 84.3 Å². The van der Waals surface area contributed by atoms with Crippen LogP contribution in [0.1, 0.15) is 11.1 Å². The van der Waals surface area contributed by atoms with Crippen molar-refractivity contribution in [3.8, 4) is 0 Å². The van der Waals surface area contributed by atoms with Crippen LogP contribution >= 0.6 is 0 Å². The summed E-state index contributed by atoms with van der Waals surface area (Å²) in [5.41, 5.74) is 7.48. The van der Waals surface area contributed by atoms with Crippen molar-refractivity contribution in [3.05, 3.63) is 126 Å². The van der Waals surface area contributed by atoms with Crippen LogP contribution in [0.15, 0.2) is 120 Å². The van der Waals surface area contributed by atoms with E-state index in [9.17, 15) is 0 Å². The number of hydrogen-bond acceptors (Lipinski definition) is 2. The van der Waals surface area contributed by atoms with E-state index >= 15 is 0 Å². The topological polar surface area (TPSA) is 24.4 Å². The minimum absolute atomic E-state index is 0.923. The third-order valence-electron chi connectivity index (χ3n) is 5.91. The van der Waals surface area contributed by atoms with Crippen molar-refractivity contribution in [1.82, 2.24) is 0 Å². The van der Waals surface area contributed by atoms with Gasteiger partial charge in [-0.1, -0.05) is 109 Å². The molecular weight excluding hydrogens is 376 g/mol. The molecule has 0 amide bonds. The molecule has 6 aromatic rings. The van der Waals surface area contributed by atoms with Gasteiger partial charge in [0.25, 0.3) is 0 Å². The minimum atomic E-state index is 0.923. The van der Waals surface area contributed by atoms with Gasteiger partial charge < -0.3 is 0 Å². The summed E-state index contributed by atoms with van der Waals surface area (Å²) in [5.74, 6) is 0. The molecule has 0 saturated heterocycles. The third-order valence-corrected chi connectivity index (χ3v) is 5.91. The zero-order chi connectivity index (χ0) is 20.6. The smallest absolute Gasteiger partial charge is 0.0977 e. The standard InChI is InChI=1S/C29H20N2/c1-3-8-23(9-4-1)29(24-10-5-2-6-11-24)31-30-26-19-17-22-15-14-20-12-7-13-21-16-18-25(26)28(22)27(20)21/h1-19,30H. The van der Waals surface area contributed by atoms with Gasteiger partial charge in [0.2, 0.25) is 0 Å². The van der Waals surface area contributed by atoms with Crippen molar-refractivity contribution in [2.75, 3.05) is 5.43 Å². The molecule has 2 nitrogen and oxygen atoms in total. The molecule has 0 unspecified atom stereocenters. The molecule has 6 rings (SSSR count). The molecule has 0 bridgehead atoms. The molecule has 0 aromatic heterocycles. The Morgan fingerprint density at radius 3 is 1.68 bits per heavy atom. The highest BCUT2D eigenvalue weighted by atomic mass is 15.3. The Balaban J connectivity index is 1.52. The fourth-order valence-electron chi connectivity index (χ4n) is 4.44. The molecule has 0 aliphatic carbocycles. The fourth-order valence-corrected chi connectivity index (χ4v) is 4.44. The quantitative estimate of drug-likeness (QED) is 0.187. The van der Waals surface area contributed by atoms with Gasteiger partial charge in [0, 0.05) is 16.5 Å². The van der Waals surface area contributed by atoms with Gasteiger partial charge in [0.05, 0.1) is 11.4 Å². The monoisotopic (exact) mass is 396 g/mol. The summed E-state index contributed by atoms with van der Waals surface area (Å²) in [5, 5.41) is 12.5. The normalized spacial score (nSPS) is 11.2. The van der Waals surface area contributed by atoms with Gasteiger partial charge in [-0.2, -0.15) is 5.10 Å². The maximum Gasteiger partial charge on any atom is 0.0977 e. The number of benzene rings is 6. The summed E-state index contributed by atoms with van der Waals surface area (Å²) in [6, 6.07) is 40.2. The molecule has 0 atom stereocenters. The van der Waals surface area contributed by atoms with Crippen molar-refractivity contribution >= 4 is 43.7 Å². The van der Waals surface area contributed by atoms with E-state index in [1.54, 1.807) is 0 Å². The average Bonchev–Trinajstić information content (AvgIpc) is 2.84. The number of rotatable bonds is 4. The Kier molecular flexibility index (Phi) is 4.14. The van der Waals surface area contributed by atoms with Crippen molar-refractivity contribution in [3.63, 3.8) is 0 Å². The summed E-state index contributed by atoms with van der Waals surface area (Å²) in [7, 11) is 0. The van der Waals surface area contributed by atoms with Gasteiger partial charge in [-0.15, -0.1) is 0 Å². The molecule has 0 spiro atoms. The molecule has 0 heterocycles. The van der Waals surface area contributed by atoms with Gasteiger partial charge in [-0.05, 0) is 33.0 Å². The van der Waals surface area contributed by atoms with Crippen LogP contribution in [-0.4, -0.2) is 5.71 Å². The van der Waals surface area contributed by atoms with Crippen LogP contribution in [0.4, 0.5) is 5.69 Å². The second-order valence-corrected chi connectivity index (χ2v) is 7.77. The van der Waals surface area contributed by atoms with Crippen LogP contribution in [0.3, 0.4) is 0 Å². The van der Waals surface area contributed by atoms with E-state index in [1.165, 1.54) is 32.3 Å². The Hall–Kier alpha value is -4.17. The van der Waals surface area contributed by atoms with E-state index in [0.717, 1.165) is 22.5 Å². The van der Waals surface area contributed by atoms with Crippen molar-refractivity contribution in [2.45, 2.75) is 0 Å². The minimum Gasteiger partial charge on any atom is -0.277 e. The van der Waals surface area contributed by atoms with E-state index in [0.29, 0.717) is 0 Å². The molecule has 0 saturated carbocycles. The van der Waals surface area contributed by atoms with Crippen LogP contribution in [0, 0.1) is 0 Å². The Bertz CT molecular complexity index is 1480. The van der Waals surface area contributed by atoms with Crippen molar-refractivity contribution < 1.29 is 0 Å². The molecule has 0 aliphatic rings. The summed E-state index contributed by atoms with van der Waals surface area (Å²) in [4.78, 5) is 0. The van der Waals surface area contributed by atoms with Crippen LogP contribution in [0.25, 0.3) is 32.3 Å². The molecular formula is C29H20N2. The molecule has 0 fully saturated rings. The Morgan fingerprint density at radius 2 is 1.03 bits per heavy atom. The predicted molar refractivity (Wildman–Crippen MR) is 132 cm³/mol. The van der Waals surface area contributed by atoms with Crippen molar-refractivity contribution in [1.29, 1.82) is 0 Å². The van der Waals surface area contributed by atoms with Crippen LogP contribution < -0.4 is 5.43 Å². The lowest BCUT2D eigenvalue weighted by molar-refractivity contribution is 1.34. The first kappa shape index (κ1) is 17.7. The summed E-state index contributed by atoms with van der Waals surface area (Å²) in [6.45, 7) is 0. The van der Waals surface area contributed by atoms with Crippen molar-refractivity contribution in [2.24, 2.45) is 5.10 Å². The second-order valence-electron chi connectivity index (χ2n) is 7.77. The average molecular weight is 396 g/mol. The van der Waals surface area contributed by atoms with Crippen LogP contribution in [0.2, 0.25) is 0 Å². The molecule has 0 aliphatic heterocycles. The van der Waals surface area contributed by atoms with Gasteiger partial charge in [-0.25, -0.2) is 0 Å². The van der Waals surface area contributed by atoms with Crippen LogP contribution in [0.5, 0.6) is 0 Å². The number of nitrogens with zero attached hydrogens (tertiary/aromatic N) is 1. The molecule has 2 heteroatoms. The second kappa shape index (κ2) is 7.26. The number of anilines is 1. The summed E-state index contributed by atoms with van der Waals surface area (Å²) >= 11 is 0. The van der Waals surface area contributed by atoms with E-state index in [1.807, 2.05) is 36.4 Å². The highest BCUT2D eigenvalue weighted by Gasteiger charge is 2.11. The Labute approximate surface area is 180 Å². The largest absolute Gasteiger partial charge is 0.277 e. The fraction of sp³-hybridized carbons (Fsp3) is 0.